The Morgan fingerprint density at radius 3 is 2.10 bits per heavy atom. The predicted molar refractivity (Wildman–Crippen MR) is 168 cm³/mol. The molecule has 1 aliphatic heterocycles. The molecule has 7 rings (SSSR count). The third kappa shape index (κ3) is 6.07. The lowest BCUT2D eigenvalue weighted by Gasteiger charge is -2.10. The quantitative estimate of drug-likeness (QED) is 0.170. The molecule has 0 amide bonds. The maximum Gasteiger partial charge on any atom is 0.311 e. The molecular weight excluding hydrogens is 734 g/mol. The number of halogens is 2. The number of fused-ring (bicyclic) bond motifs is 4. The number of ether oxygens (including phenoxy) is 3. The van der Waals surface area contributed by atoms with Crippen LogP contribution in [0.3, 0.4) is 0 Å². The average Bonchev–Trinajstić information content (AvgIpc) is 3.26. The minimum absolute atomic E-state index is 0.0113. The van der Waals surface area contributed by atoms with Crippen molar-refractivity contribution in [1.82, 2.24) is 0 Å². The van der Waals surface area contributed by atoms with Gasteiger partial charge in [-0.2, -0.15) is 0 Å². The molecule has 3 atom stereocenters. The molecule has 1 aromatic heterocycles. The largest absolute Gasteiger partial charge is 0.489 e. The molecule has 1 aliphatic carbocycles. The van der Waals surface area contributed by atoms with Crippen LogP contribution in [0.1, 0.15) is 22.6 Å². The molecule has 0 bridgehead atoms. The highest BCUT2D eigenvalue weighted by Crippen LogP contribution is 2.58. The first-order valence-corrected chi connectivity index (χ1v) is 14.9. The summed E-state index contributed by atoms with van der Waals surface area (Å²) in [6.45, 7) is 1.07. The van der Waals surface area contributed by atoms with E-state index in [1.165, 1.54) is 12.7 Å². The van der Waals surface area contributed by atoms with Gasteiger partial charge in [-0.3, -0.25) is 4.79 Å². The Balaban J connectivity index is 0.000000148. The second-order valence-electron chi connectivity index (χ2n) is 9.63. The van der Waals surface area contributed by atoms with Gasteiger partial charge >= 0.3 is 5.97 Å². The van der Waals surface area contributed by atoms with Gasteiger partial charge in [0.25, 0.3) is 0 Å². The molecule has 2 aliphatic rings. The summed E-state index contributed by atoms with van der Waals surface area (Å²) in [6.07, 6.45) is 1.49. The van der Waals surface area contributed by atoms with Crippen LogP contribution in [0.5, 0.6) is 17.2 Å². The number of hydrogen-bond acceptors (Lipinski definition) is 5. The van der Waals surface area contributed by atoms with Crippen LogP contribution in [0.25, 0.3) is 11.0 Å². The number of aliphatic carboxylic acids is 1. The van der Waals surface area contributed by atoms with E-state index in [1.807, 2.05) is 66.7 Å². The minimum Gasteiger partial charge on any atom is -0.489 e. The van der Waals surface area contributed by atoms with Gasteiger partial charge in [0.15, 0.2) is 0 Å². The van der Waals surface area contributed by atoms with Gasteiger partial charge in [0.2, 0.25) is 0 Å². The van der Waals surface area contributed by atoms with E-state index in [1.54, 1.807) is 6.26 Å². The summed E-state index contributed by atoms with van der Waals surface area (Å²) in [7, 11) is 0. The second-order valence-corrected chi connectivity index (χ2v) is 12.1. The van der Waals surface area contributed by atoms with Crippen LogP contribution < -0.4 is 14.2 Å². The van der Waals surface area contributed by atoms with E-state index in [9.17, 15) is 4.79 Å². The van der Waals surface area contributed by atoms with Crippen LogP contribution in [0, 0.1) is 13.1 Å². The van der Waals surface area contributed by atoms with Crippen LogP contribution in [-0.4, -0.2) is 17.2 Å². The van der Waals surface area contributed by atoms with Gasteiger partial charge in [-0.1, -0.05) is 30.3 Å². The number of carboxylic acids is 1. The fourth-order valence-electron chi connectivity index (χ4n) is 4.83. The van der Waals surface area contributed by atoms with Gasteiger partial charge in [-0.15, -0.1) is 0 Å². The SMILES string of the molecule is Ic1cccc(COc2ccc3ccoc3c2)c1.O=C(O)[C@H]1[C@@H]2Oc3cc(OCc4cccc(I)c4)ccc3[C@@H]21. The van der Waals surface area contributed by atoms with E-state index in [0.717, 1.165) is 39.3 Å². The van der Waals surface area contributed by atoms with Crippen molar-refractivity contribution in [2.75, 3.05) is 0 Å². The Labute approximate surface area is 258 Å². The summed E-state index contributed by atoms with van der Waals surface area (Å²) in [5, 5.41) is 10.2. The molecule has 1 fully saturated rings. The summed E-state index contributed by atoms with van der Waals surface area (Å²) in [5.74, 6) is 1.18. The van der Waals surface area contributed by atoms with Gasteiger partial charge in [-0.25, -0.2) is 0 Å². The van der Waals surface area contributed by atoms with Crippen molar-refractivity contribution in [3.8, 4) is 17.2 Å². The van der Waals surface area contributed by atoms with E-state index in [4.69, 9.17) is 23.7 Å². The highest BCUT2D eigenvalue weighted by Gasteiger charge is 2.63. The van der Waals surface area contributed by atoms with E-state index in [2.05, 4.69) is 69.4 Å². The first kappa shape index (κ1) is 26.9. The number of furan rings is 1. The molecule has 0 unspecified atom stereocenters. The smallest absolute Gasteiger partial charge is 0.311 e. The number of benzene rings is 4. The molecule has 0 saturated heterocycles. The predicted octanol–water partition coefficient (Wildman–Crippen LogP) is 8.05. The van der Waals surface area contributed by atoms with Crippen molar-refractivity contribution in [2.24, 2.45) is 5.92 Å². The number of rotatable bonds is 7. The van der Waals surface area contributed by atoms with E-state index < -0.39 is 5.97 Å². The molecule has 2 heterocycles. The Morgan fingerprint density at radius 1 is 0.800 bits per heavy atom. The van der Waals surface area contributed by atoms with Crippen LogP contribution in [-0.2, 0) is 18.0 Å². The zero-order valence-corrected chi connectivity index (χ0v) is 25.4. The van der Waals surface area contributed by atoms with E-state index >= 15 is 0 Å². The molecule has 8 heteroatoms. The summed E-state index contributed by atoms with van der Waals surface area (Å²) in [5.41, 5.74) is 4.12. The van der Waals surface area contributed by atoms with Crippen LogP contribution >= 0.6 is 45.2 Å². The molecule has 5 aromatic rings. The fourth-order valence-corrected chi connectivity index (χ4v) is 6.05. The summed E-state index contributed by atoms with van der Waals surface area (Å²) < 4.78 is 25.0. The summed E-state index contributed by atoms with van der Waals surface area (Å²) in [6, 6.07) is 29.9. The summed E-state index contributed by atoms with van der Waals surface area (Å²) in [4.78, 5) is 11.0. The fraction of sp³-hybridized carbons (Fsp3) is 0.156. The monoisotopic (exact) mass is 758 g/mol. The first-order chi connectivity index (χ1) is 19.4. The topological polar surface area (TPSA) is 78.1 Å². The molecule has 6 nitrogen and oxygen atoms in total. The third-order valence-electron chi connectivity index (χ3n) is 6.86. The Morgan fingerprint density at radius 2 is 1.45 bits per heavy atom. The zero-order chi connectivity index (χ0) is 27.6. The molecular formula is C32H24I2O6. The third-order valence-corrected chi connectivity index (χ3v) is 8.20. The van der Waals surface area contributed by atoms with E-state index in [0.29, 0.717) is 13.2 Å². The highest BCUT2D eigenvalue weighted by molar-refractivity contribution is 14.1. The number of carbonyl (C=O) groups is 1. The maximum absolute atomic E-state index is 11.0. The minimum atomic E-state index is -0.778. The molecule has 202 valence electrons. The van der Waals surface area contributed by atoms with Crippen molar-refractivity contribution in [1.29, 1.82) is 0 Å². The Hall–Kier alpha value is -3.25. The highest BCUT2D eigenvalue weighted by atomic mass is 127. The lowest BCUT2D eigenvalue weighted by molar-refractivity contribution is -0.139. The lowest BCUT2D eigenvalue weighted by atomic mass is 10.1. The van der Waals surface area contributed by atoms with Crippen molar-refractivity contribution in [3.05, 3.63) is 121 Å². The first-order valence-electron chi connectivity index (χ1n) is 12.7. The second kappa shape index (κ2) is 11.7. The molecule has 0 radical (unpaired) electrons. The Bertz CT molecular complexity index is 1680. The van der Waals surface area contributed by atoms with Gasteiger partial charge in [0, 0.05) is 36.1 Å². The van der Waals surface area contributed by atoms with Gasteiger partial charge < -0.3 is 23.7 Å². The average molecular weight is 758 g/mol. The maximum atomic E-state index is 11.0. The molecule has 4 aromatic carbocycles. The van der Waals surface area contributed by atoms with Gasteiger partial charge in [0.1, 0.15) is 48.1 Å². The van der Waals surface area contributed by atoms with E-state index in [-0.39, 0.29) is 17.9 Å². The summed E-state index contributed by atoms with van der Waals surface area (Å²) >= 11 is 4.57. The Kier molecular flexibility index (Phi) is 7.88. The normalized spacial score (nSPS) is 18.1. The number of carboxylic acid groups (broad SMARTS) is 1. The van der Waals surface area contributed by atoms with Crippen LogP contribution in [0.15, 0.2) is 102 Å². The van der Waals surface area contributed by atoms with Gasteiger partial charge in [0.05, 0.1) is 6.26 Å². The molecule has 40 heavy (non-hydrogen) atoms. The van der Waals surface area contributed by atoms with Crippen LogP contribution in [0.4, 0.5) is 0 Å². The number of hydrogen-bond donors (Lipinski definition) is 1. The van der Waals surface area contributed by atoms with Crippen molar-refractivity contribution < 1.29 is 28.5 Å². The molecule has 1 saturated carbocycles. The molecule has 1 N–H and O–H groups in total. The van der Waals surface area contributed by atoms with Crippen molar-refractivity contribution in [3.63, 3.8) is 0 Å². The molecule has 0 spiro atoms. The van der Waals surface area contributed by atoms with Crippen LogP contribution in [0.2, 0.25) is 0 Å². The standard InChI is InChI=1S/C17H13IO4.C15H11IO2/c18-10-3-1-2-9(6-10)8-21-11-4-5-12-13(7-11)22-16-14(12)15(16)17(19)20;16-13-3-1-2-11(8-13)10-18-14-5-4-12-6-7-17-15(12)9-14/h1-7,14-16H,8H2,(H,19,20);1-9H,10H2/t14-,15-,16-;/m1./s1. The van der Waals surface area contributed by atoms with Gasteiger partial charge in [-0.05, 0) is 105 Å². The zero-order valence-electron chi connectivity index (χ0n) is 21.1. The lowest BCUT2D eigenvalue weighted by Crippen LogP contribution is -2.08. The van der Waals surface area contributed by atoms with Crippen molar-refractivity contribution >= 4 is 62.1 Å². The van der Waals surface area contributed by atoms with Crippen molar-refractivity contribution in [2.45, 2.75) is 25.2 Å².